The Morgan fingerprint density at radius 2 is 1.66 bits per heavy atom. The molecule has 1 saturated carbocycles. The van der Waals surface area contributed by atoms with Crippen LogP contribution >= 0.6 is 0 Å². The normalized spacial score (nSPS) is 20.8. The van der Waals surface area contributed by atoms with Gasteiger partial charge in [-0.3, -0.25) is 19.2 Å². The molecule has 8 nitrogen and oxygen atoms in total. The van der Waals surface area contributed by atoms with Crippen LogP contribution in [-0.2, 0) is 21.0 Å². The predicted octanol–water partition coefficient (Wildman–Crippen LogP) is 3.33. The van der Waals surface area contributed by atoms with Gasteiger partial charge in [-0.1, -0.05) is 18.2 Å². The summed E-state index contributed by atoms with van der Waals surface area (Å²) in [5.74, 6) is -0.692. The monoisotopic (exact) mass is 552 g/mol. The maximum Gasteiger partial charge on any atom is 0.416 e. The van der Waals surface area contributed by atoms with E-state index < -0.39 is 27.7 Å². The SMILES string of the molecule is CS(=O)(=O)Nc1ccc(C2CCC(N3CC(NC(=O)CNC(=O)c4cccc(C(F)(F)F)c4)C3)CC2)cc1. The van der Waals surface area contributed by atoms with Gasteiger partial charge in [0, 0.05) is 30.4 Å². The molecular formula is C26H31F3N4O4S. The lowest BCUT2D eigenvalue weighted by atomic mass is 9.80. The second kappa shape index (κ2) is 11.3. The molecule has 1 heterocycles. The maximum atomic E-state index is 12.8. The fourth-order valence-corrected chi connectivity index (χ4v) is 5.66. The van der Waals surface area contributed by atoms with Crippen molar-refractivity contribution in [1.82, 2.24) is 15.5 Å². The van der Waals surface area contributed by atoms with E-state index in [1.165, 1.54) is 11.6 Å². The first-order valence-corrected chi connectivity index (χ1v) is 14.3. The summed E-state index contributed by atoms with van der Waals surface area (Å²) >= 11 is 0. The Balaban J connectivity index is 1.15. The molecule has 0 atom stereocenters. The molecule has 4 rings (SSSR count). The molecule has 1 aliphatic carbocycles. The van der Waals surface area contributed by atoms with E-state index in [9.17, 15) is 31.2 Å². The van der Waals surface area contributed by atoms with Crippen molar-refractivity contribution in [2.75, 3.05) is 30.6 Å². The van der Waals surface area contributed by atoms with Crippen LogP contribution in [0, 0.1) is 0 Å². The Morgan fingerprint density at radius 3 is 2.26 bits per heavy atom. The van der Waals surface area contributed by atoms with E-state index in [-0.39, 0.29) is 24.1 Å². The fraction of sp³-hybridized carbons (Fsp3) is 0.462. The second-order valence-electron chi connectivity index (χ2n) is 9.98. The standard InChI is InChI=1S/C26H31F3N4O4S/c1-38(36,37)32-21-9-5-17(6-10-21)18-7-11-23(12-8-18)33-15-22(16-33)31-24(34)14-30-25(35)19-3-2-4-20(13-19)26(27,28)29/h2-6,9-10,13,18,22-23,32H,7-8,11-12,14-16H2,1H3,(H,30,35)(H,31,34). The minimum atomic E-state index is -4.55. The molecule has 0 unspecified atom stereocenters. The van der Waals surface area contributed by atoms with Gasteiger partial charge in [0.05, 0.1) is 24.4 Å². The third-order valence-electron chi connectivity index (χ3n) is 7.03. The van der Waals surface area contributed by atoms with Crippen LogP contribution in [-0.4, -0.2) is 63.1 Å². The van der Waals surface area contributed by atoms with Crippen molar-refractivity contribution < 1.29 is 31.2 Å². The largest absolute Gasteiger partial charge is 0.416 e. The lowest BCUT2D eigenvalue weighted by Gasteiger charge is -2.46. The van der Waals surface area contributed by atoms with Gasteiger partial charge in [0.15, 0.2) is 0 Å². The number of carbonyl (C=O) groups excluding carboxylic acids is 2. The zero-order valence-electron chi connectivity index (χ0n) is 20.9. The molecule has 2 aromatic rings. The van der Waals surface area contributed by atoms with Crippen LogP contribution in [0.4, 0.5) is 18.9 Å². The average Bonchev–Trinajstić information content (AvgIpc) is 2.84. The van der Waals surface area contributed by atoms with Crippen molar-refractivity contribution >= 4 is 27.5 Å². The predicted molar refractivity (Wildman–Crippen MR) is 137 cm³/mol. The smallest absolute Gasteiger partial charge is 0.349 e. The molecular weight excluding hydrogens is 521 g/mol. The quantitative estimate of drug-likeness (QED) is 0.466. The Morgan fingerprint density at radius 1 is 1.00 bits per heavy atom. The number of benzene rings is 2. The molecule has 2 aromatic carbocycles. The number of amides is 2. The van der Waals surface area contributed by atoms with E-state index in [1.807, 2.05) is 12.1 Å². The Hall–Kier alpha value is -3.12. The summed E-state index contributed by atoms with van der Waals surface area (Å²) in [7, 11) is -3.30. The van der Waals surface area contributed by atoms with Gasteiger partial charge in [0.1, 0.15) is 0 Å². The maximum absolute atomic E-state index is 12.8. The zero-order chi connectivity index (χ0) is 27.5. The number of anilines is 1. The molecule has 0 bridgehead atoms. The first-order chi connectivity index (χ1) is 17.9. The van der Waals surface area contributed by atoms with Crippen LogP contribution in [0.2, 0.25) is 0 Å². The molecule has 1 aliphatic heterocycles. The number of sulfonamides is 1. The summed E-state index contributed by atoms with van der Waals surface area (Å²) in [6, 6.07) is 12.0. The number of nitrogens with zero attached hydrogens (tertiary/aromatic N) is 1. The van der Waals surface area contributed by atoms with Crippen molar-refractivity contribution in [1.29, 1.82) is 0 Å². The molecule has 2 fully saturated rings. The van der Waals surface area contributed by atoms with Gasteiger partial charge in [-0.05, 0) is 67.5 Å². The van der Waals surface area contributed by atoms with E-state index in [0.29, 0.717) is 30.7 Å². The molecule has 3 N–H and O–H groups in total. The number of carbonyl (C=O) groups is 2. The highest BCUT2D eigenvalue weighted by Gasteiger charge is 2.35. The number of rotatable bonds is 8. The highest BCUT2D eigenvalue weighted by Crippen LogP contribution is 2.36. The number of halogens is 3. The van der Waals surface area contributed by atoms with Crippen LogP contribution in [0.5, 0.6) is 0 Å². The van der Waals surface area contributed by atoms with Crippen molar-refractivity contribution in [3.63, 3.8) is 0 Å². The summed E-state index contributed by atoms with van der Waals surface area (Å²) in [6.07, 6.45) is 0.686. The summed E-state index contributed by atoms with van der Waals surface area (Å²) < 4.78 is 63.7. The van der Waals surface area contributed by atoms with Crippen LogP contribution in [0.25, 0.3) is 0 Å². The van der Waals surface area contributed by atoms with Crippen molar-refractivity contribution in [3.8, 4) is 0 Å². The van der Waals surface area contributed by atoms with Gasteiger partial charge in [-0.25, -0.2) is 8.42 Å². The average molecular weight is 553 g/mol. The fourth-order valence-electron chi connectivity index (χ4n) is 5.09. The highest BCUT2D eigenvalue weighted by molar-refractivity contribution is 7.92. The van der Waals surface area contributed by atoms with Crippen LogP contribution in [0.15, 0.2) is 48.5 Å². The minimum Gasteiger partial charge on any atom is -0.349 e. The van der Waals surface area contributed by atoms with E-state index in [4.69, 9.17) is 0 Å². The molecule has 38 heavy (non-hydrogen) atoms. The second-order valence-corrected chi connectivity index (χ2v) is 11.7. The minimum absolute atomic E-state index is 0.0272. The van der Waals surface area contributed by atoms with Gasteiger partial charge in [0.2, 0.25) is 15.9 Å². The third-order valence-corrected chi connectivity index (χ3v) is 7.64. The topological polar surface area (TPSA) is 108 Å². The molecule has 1 saturated heterocycles. The summed E-state index contributed by atoms with van der Waals surface area (Å²) in [6.45, 7) is 1.12. The Kier molecular flexibility index (Phi) is 8.31. The lowest BCUT2D eigenvalue weighted by Crippen LogP contribution is -2.63. The van der Waals surface area contributed by atoms with E-state index in [2.05, 4.69) is 20.3 Å². The molecule has 206 valence electrons. The molecule has 2 amide bonds. The first-order valence-electron chi connectivity index (χ1n) is 12.4. The number of nitrogens with one attached hydrogen (secondary N) is 3. The van der Waals surface area contributed by atoms with Crippen LogP contribution in [0.3, 0.4) is 0 Å². The number of alkyl halides is 3. The Labute approximate surface area is 220 Å². The Bertz CT molecular complexity index is 1250. The van der Waals surface area contributed by atoms with Gasteiger partial charge < -0.3 is 10.6 Å². The zero-order valence-corrected chi connectivity index (χ0v) is 21.7. The van der Waals surface area contributed by atoms with E-state index in [0.717, 1.165) is 50.1 Å². The van der Waals surface area contributed by atoms with Gasteiger partial charge in [-0.15, -0.1) is 0 Å². The van der Waals surface area contributed by atoms with Gasteiger partial charge in [-0.2, -0.15) is 13.2 Å². The van der Waals surface area contributed by atoms with E-state index in [1.54, 1.807) is 12.1 Å². The van der Waals surface area contributed by atoms with Crippen molar-refractivity contribution in [2.45, 2.75) is 49.9 Å². The number of hydrogen-bond donors (Lipinski definition) is 3. The summed E-state index contributed by atoms with van der Waals surface area (Å²) in [4.78, 5) is 26.7. The van der Waals surface area contributed by atoms with Gasteiger partial charge >= 0.3 is 6.18 Å². The van der Waals surface area contributed by atoms with Crippen molar-refractivity contribution in [2.24, 2.45) is 0 Å². The highest BCUT2D eigenvalue weighted by atomic mass is 32.2. The summed E-state index contributed by atoms with van der Waals surface area (Å²) in [5, 5.41) is 5.23. The number of likely N-dealkylation sites (tertiary alicyclic amines) is 1. The molecule has 2 aliphatic rings. The third kappa shape index (κ3) is 7.47. The first kappa shape index (κ1) is 27.9. The molecule has 0 aromatic heterocycles. The number of hydrogen-bond acceptors (Lipinski definition) is 5. The van der Waals surface area contributed by atoms with Crippen LogP contribution < -0.4 is 15.4 Å². The van der Waals surface area contributed by atoms with Gasteiger partial charge in [0.25, 0.3) is 5.91 Å². The van der Waals surface area contributed by atoms with Crippen LogP contribution in [0.1, 0.15) is 53.1 Å². The van der Waals surface area contributed by atoms with E-state index >= 15 is 0 Å². The lowest BCUT2D eigenvalue weighted by molar-refractivity contribution is -0.137. The molecule has 0 spiro atoms. The molecule has 12 heteroatoms. The molecule has 0 radical (unpaired) electrons. The summed E-state index contributed by atoms with van der Waals surface area (Å²) in [5.41, 5.74) is 0.676. The van der Waals surface area contributed by atoms with Crippen molar-refractivity contribution in [3.05, 3.63) is 65.2 Å².